The van der Waals surface area contributed by atoms with Crippen molar-refractivity contribution < 1.29 is 14.3 Å². The lowest BCUT2D eigenvalue weighted by Gasteiger charge is -2.08. The summed E-state index contributed by atoms with van der Waals surface area (Å²) >= 11 is 0. The lowest BCUT2D eigenvalue weighted by molar-refractivity contribution is 0.0526. The van der Waals surface area contributed by atoms with E-state index in [2.05, 4.69) is 15.4 Å². The summed E-state index contributed by atoms with van der Waals surface area (Å²) in [5.41, 5.74) is 2.21. The average Bonchev–Trinajstić information content (AvgIpc) is 3.17. The number of benzene rings is 2. The molecule has 3 rings (SSSR count). The minimum Gasteiger partial charge on any atom is -0.462 e. The highest BCUT2D eigenvalue weighted by Crippen LogP contribution is 2.14. The van der Waals surface area contributed by atoms with Crippen LogP contribution >= 0.6 is 0 Å². The lowest BCUT2D eigenvalue weighted by Crippen LogP contribution is -2.13. The molecule has 0 aliphatic heterocycles. The number of carbonyl (C=O) groups is 2. The molecule has 7 nitrogen and oxygen atoms in total. The number of aromatic nitrogens is 3. The average molecular weight is 336 g/mol. The van der Waals surface area contributed by atoms with Crippen molar-refractivity contribution in [1.29, 1.82) is 0 Å². The molecular weight excluding hydrogens is 320 g/mol. The Kier molecular flexibility index (Phi) is 4.84. The van der Waals surface area contributed by atoms with Crippen LogP contribution in [0.2, 0.25) is 0 Å². The number of esters is 1. The molecule has 0 radical (unpaired) electrons. The first kappa shape index (κ1) is 16.4. The Morgan fingerprint density at radius 1 is 1.12 bits per heavy atom. The van der Waals surface area contributed by atoms with Crippen LogP contribution in [0.3, 0.4) is 0 Å². The van der Waals surface area contributed by atoms with Crippen molar-refractivity contribution in [3.05, 3.63) is 72.3 Å². The topological polar surface area (TPSA) is 86.1 Å². The molecule has 0 saturated heterocycles. The Bertz CT molecular complexity index is 874. The van der Waals surface area contributed by atoms with Gasteiger partial charge in [0.15, 0.2) is 0 Å². The summed E-state index contributed by atoms with van der Waals surface area (Å²) in [6.07, 6.45) is 3.02. The molecule has 0 fully saturated rings. The SMILES string of the molecule is CCOC(=O)c1cccc(NC(=O)c2ccc(-n3cncn3)cc2)c1. The lowest BCUT2D eigenvalue weighted by atomic mass is 10.1. The largest absolute Gasteiger partial charge is 0.462 e. The minimum absolute atomic E-state index is 0.272. The molecule has 0 bridgehead atoms. The maximum atomic E-state index is 12.4. The fourth-order valence-corrected chi connectivity index (χ4v) is 2.25. The normalized spacial score (nSPS) is 10.3. The van der Waals surface area contributed by atoms with Gasteiger partial charge in [-0.05, 0) is 49.4 Å². The number of ether oxygens (including phenoxy) is 1. The van der Waals surface area contributed by atoms with E-state index in [1.807, 2.05) is 0 Å². The first-order valence-corrected chi connectivity index (χ1v) is 7.71. The second-order valence-corrected chi connectivity index (χ2v) is 5.14. The van der Waals surface area contributed by atoms with Crippen molar-refractivity contribution in [2.75, 3.05) is 11.9 Å². The molecule has 3 aromatic rings. The number of anilines is 1. The quantitative estimate of drug-likeness (QED) is 0.724. The number of amides is 1. The van der Waals surface area contributed by atoms with Gasteiger partial charge in [-0.3, -0.25) is 4.79 Å². The van der Waals surface area contributed by atoms with E-state index in [1.165, 1.54) is 6.33 Å². The number of hydrogen-bond donors (Lipinski definition) is 1. The van der Waals surface area contributed by atoms with Gasteiger partial charge in [0.05, 0.1) is 17.9 Å². The molecule has 1 N–H and O–H groups in total. The molecule has 2 aromatic carbocycles. The van der Waals surface area contributed by atoms with Crippen LogP contribution in [-0.2, 0) is 4.74 Å². The van der Waals surface area contributed by atoms with Crippen molar-refractivity contribution in [3.8, 4) is 5.69 Å². The smallest absolute Gasteiger partial charge is 0.338 e. The number of hydrogen-bond acceptors (Lipinski definition) is 5. The van der Waals surface area contributed by atoms with E-state index in [0.29, 0.717) is 23.4 Å². The Labute approximate surface area is 144 Å². The van der Waals surface area contributed by atoms with Crippen LogP contribution in [0.25, 0.3) is 5.69 Å². The van der Waals surface area contributed by atoms with Crippen molar-refractivity contribution in [2.45, 2.75) is 6.92 Å². The second-order valence-electron chi connectivity index (χ2n) is 5.14. The van der Waals surface area contributed by atoms with E-state index in [1.54, 1.807) is 66.5 Å². The van der Waals surface area contributed by atoms with Gasteiger partial charge in [0.2, 0.25) is 0 Å². The molecule has 25 heavy (non-hydrogen) atoms. The maximum absolute atomic E-state index is 12.4. The predicted octanol–water partition coefficient (Wildman–Crippen LogP) is 2.70. The van der Waals surface area contributed by atoms with Gasteiger partial charge in [-0.15, -0.1) is 0 Å². The first-order chi connectivity index (χ1) is 12.2. The monoisotopic (exact) mass is 336 g/mol. The fraction of sp³-hybridized carbons (Fsp3) is 0.111. The summed E-state index contributed by atoms with van der Waals surface area (Å²) in [5.74, 6) is -0.693. The third kappa shape index (κ3) is 3.89. The number of nitrogens with one attached hydrogen (secondary N) is 1. The van der Waals surface area contributed by atoms with E-state index in [0.717, 1.165) is 5.69 Å². The molecular formula is C18H16N4O3. The zero-order chi connectivity index (χ0) is 17.6. The van der Waals surface area contributed by atoms with Crippen LogP contribution in [0.1, 0.15) is 27.6 Å². The second kappa shape index (κ2) is 7.39. The third-order valence-corrected chi connectivity index (χ3v) is 3.44. The number of carbonyl (C=O) groups excluding carboxylic acids is 2. The summed E-state index contributed by atoms with van der Waals surface area (Å²) in [5, 5.41) is 6.80. The van der Waals surface area contributed by atoms with Gasteiger partial charge in [0, 0.05) is 11.3 Å². The number of rotatable bonds is 5. The van der Waals surface area contributed by atoms with Crippen molar-refractivity contribution in [2.24, 2.45) is 0 Å². The zero-order valence-electron chi connectivity index (χ0n) is 13.5. The van der Waals surface area contributed by atoms with Gasteiger partial charge in [0.25, 0.3) is 5.91 Å². The van der Waals surface area contributed by atoms with E-state index < -0.39 is 5.97 Å². The standard InChI is InChI=1S/C18H16N4O3/c1-2-25-18(24)14-4-3-5-15(10-14)21-17(23)13-6-8-16(9-7-13)22-12-19-11-20-22/h3-12H,2H2,1H3,(H,21,23). The van der Waals surface area contributed by atoms with E-state index in [4.69, 9.17) is 4.74 Å². The molecule has 0 aliphatic rings. The van der Waals surface area contributed by atoms with Gasteiger partial charge < -0.3 is 10.1 Å². The molecule has 1 heterocycles. The highest BCUT2D eigenvalue weighted by molar-refractivity contribution is 6.05. The Hall–Kier alpha value is -3.48. The highest BCUT2D eigenvalue weighted by atomic mass is 16.5. The van der Waals surface area contributed by atoms with Crippen LogP contribution in [0.4, 0.5) is 5.69 Å². The van der Waals surface area contributed by atoms with Crippen LogP contribution in [0, 0.1) is 0 Å². The Balaban J connectivity index is 1.72. The van der Waals surface area contributed by atoms with Gasteiger partial charge in [-0.1, -0.05) is 6.07 Å². The summed E-state index contributed by atoms with van der Waals surface area (Å²) < 4.78 is 6.56. The molecule has 1 amide bonds. The third-order valence-electron chi connectivity index (χ3n) is 3.44. The molecule has 0 saturated carbocycles. The van der Waals surface area contributed by atoms with E-state index in [-0.39, 0.29) is 5.91 Å². The summed E-state index contributed by atoms with van der Waals surface area (Å²) in [6, 6.07) is 13.6. The van der Waals surface area contributed by atoms with Gasteiger partial charge in [-0.2, -0.15) is 5.10 Å². The van der Waals surface area contributed by atoms with Gasteiger partial charge in [-0.25, -0.2) is 14.5 Å². The number of nitrogens with zero attached hydrogens (tertiary/aromatic N) is 3. The van der Waals surface area contributed by atoms with E-state index in [9.17, 15) is 9.59 Å². The van der Waals surface area contributed by atoms with Crippen LogP contribution in [0.15, 0.2) is 61.2 Å². The molecule has 7 heteroatoms. The highest BCUT2D eigenvalue weighted by Gasteiger charge is 2.10. The maximum Gasteiger partial charge on any atom is 0.338 e. The van der Waals surface area contributed by atoms with Crippen LogP contribution in [0.5, 0.6) is 0 Å². The minimum atomic E-state index is -0.421. The van der Waals surface area contributed by atoms with E-state index >= 15 is 0 Å². The van der Waals surface area contributed by atoms with Crippen LogP contribution in [-0.4, -0.2) is 33.2 Å². The molecule has 0 atom stereocenters. The summed E-state index contributed by atoms with van der Waals surface area (Å²) in [7, 11) is 0. The van der Waals surface area contributed by atoms with Gasteiger partial charge >= 0.3 is 5.97 Å². The van der Waals surface area contributed by atoms with Gasteiger partial charge in [0.1, 0.15) is 12.7 Å². The summed E-state index contributed by atoms with van der Waals surface area (Å²) in [6.45, 7) is 2.04. The zero-order valence-corrected chi connectivity index (χ0v) is 13.5. The van der Waals surface area contributed by atoms with Crippen molar-refractivity contribution >= 4 is 17.6 Å². The molecule has 1 aromatic heterocycles. The van der Waals surface area contributed by atoms with Crippen molar-refractivity contribution in [1.82, 2.24) is 14.8 Å². The fourth-order valence-electron chi connectivity index (χ4n) is 2.25. The van der Waals surface area contributed by atoms with Crippen molar-refractivity contribution in [3.63, 3.8) is 0 Å². The molecule has 126 valence electrons. The predicted molar refractivity (Wildman–Crippen MR) is 91.7 cm³/mol. The first-order valence-electron chi connectivity index (χ1n) is 7.71. The van der Waals surface area contributed by atoms with Crippen LogP contribution < -0.4 is 5.32 Å². The molecule has 0 aliphatic carbocycles. The molecule has 0 unspecified atom stereocenters. The Morgan fingerprint density at radius 2 is 1.92 bits per heavy atom. The Morgan fingerprint density at radius 3 is 2.60 bits per heavy atom. The molecule has 0 spiro atoms. The summed E-state index contributed by atoms with van der Waals surface area (Å²) in [4.78, 5) is 28.0.